The summed E-state index contributed by atoms with van der Waals surface area (Å²) in [5.74, 6) is 0.706. The molecule has 0 spiro atoms. The molecule has 2 aromatic carbocycles. The summed E-state index contributed by atoms with van der Waals surface area (Å²) in [6, 6.07) is 18.0. The molecule has 4 rings (SSSR count). The van der Waals surface area contributed by atoms with Crippen LogP contribution in [0.2, 0.25) is 5.02 Å². The summed E-state index contributed by atoms with van der Waals surface area (Å²) in [7, 11) is 1.59. The van der Waals surface area contributed by atoms with Crippen LogP contribution in [0, 0.1) is 0 Å². The summed E-state index contributed by atoms with van der Waals surface area (Å²) >= 11 is 6.30. The van der Waals surface area contributed by atoms with E-state index < -0.39 is 11.2 Å². The van der Waals surface area contributed by atoms with E-state index in [0.29, 0.717) is 16.3 Å². The minimum atomic E-state index is -0.420. The van der Waals surface area contributed by atoms with Gasteiger partial charge in [0.05, 0.1) is 25.7 Å². The van der Waals surface area contributed by atoms with Crippen LogP contribution >= 0.6 is 11.6 Å². The summed E-state index contributed by atoms with van der Waals surface area (Å²) in [5.41, 5.74) is 1.49. The molecule has 2 heterocycles. The van der Waals surface area contributed by atoms with Crippen molar-refractivity contribution in [2.24, 2.45) is 0 Å². The average Bonchev–Trinajstić information content (AvgIpc) is 2.76. The molecule has 146 valence electrons. The van der Waals surface area contributed by atoms with E-state index in [2.05, 4.69) is 4.98 Å². The maximum absolute atomic E-state index is 13.3. The molecule has 0 saturated heterocycles. The largest absolute Gasteiger partial charge is 0.497 e. The van der Waals surface area contributed by atoms with Crippen molar-refractivity contribution in [1.29, 1.82) is 0 Å². The first-order valence-electron chi connectivity index (χ1n) is 9.03. The molecule has 6 nitrogen and oxygen atoms in total. The van der Waals surface area contributed by atoms with Gasteiger partial charge in [0, 0.05) is 11.2 Å². The van der Waals surface area contributed by atoms with E-state index in [-0.39, 0.29) is 18.6 Å². The first kappa shape index (κ1) is 19.0. The Balaban J connectivity index is 1.87. The van der Waals surface area contributed by atoms with Crippen molar-refractivity contribution in [3.63, 3.8) is 0 Å². The van der Waals surface area contributed by atoms with Gasteiger partial charge in [-0.3, -0.25) is 13.9 Å². The van der Waals surface area contributed by atoms with Crippen LogP contribution in [0.25, 0.3) is 11.0 Å². The Morgan fingerprint density at radius 2 is 1.69 bits per heavy atom. The molecule has 2 aromatic heterocycles. The molecule has 0 bridgehead atoms. The molecule has 0 N–H and O–H groups in total. The molecule has 0 fully saturated rings. The lowest BCUT2D eigenvalue weighted by molar-refractivity contribution is 0.414. The number of hydrogen-bond acceptors (Lipinski definition) is 4. The number of methoxy groups -OCH3 is 1. The maximum atomic E-state index is 13.3. The first-order valence-corrected chi connectivity index (χ1v) is 9.41. The molecule has 29 heavy (non-hydrogen) atoms. The van der Waals surface area contributed by atoms with Crippen molar-refractivity contribution in [3.05, 3.63) is 104 Å². The van der Waals surface area contributed by atoms with E-state index in [1.165, 1.54) is 9.13 Å². The van der Waals surface area contributed by atoms with E-state index >= 15 is 0 Å². The molecule has 0 aliphatic rings. The number of pyridine rings is 1. The Labute approximate surface area is 171 Å². The van der Waals surface area contributed by atoms with E-state index in [4.69, 9.17) is 16.3 Å². The number of ether oxygens (including phenoxy) is 1. The molecular formula is C22H18ClN3O3. The van der Waals surface area contributed by atoms with E-state index in [1.807, 2.05) is 30.3 Å². The fraction of sp³-hybridized carbons (Fsp3) is 0.136. The Kier molecular flexibility index (Phi) is 5.18. The Morgan fingerprint density at radius 3 is 2.41 bits per heavy atom. The summed E-state index contributed by atoms with van der Waals surface area (Å²) < 4.78 is 7.90. The minimum absolute atomic E-state index is 0.136. The van der Waals surface area contributed by atoms with Gasteiger partial charge in [0.1, 0.15) is 5.75 Å². The third-order valence-electron chi connectivity index (χ3n) is 4.77. The zero-order valence-corrected chi connectivity index (χ0v) is 16.5. The van der Waals surface area contributed by atoms with Crippen LogP contribution in [0.1, 0.15) is 11.1 Å². The first-order chi connectivity index (χ1) is 14.1. The zero-order valence-electron chi connectivity index (χ0n) is 15.7. The maximum Gasteiger partial charge on any atom is 0.332 e. The van der Waals surface area contributed by atoms with Crippen molar-refractivity contribution >= 4 is 22.6 Å². The predicted molar refractivity (Wildman–Crippen MR) is 113 cm³/mol. The van der Waals surface area contributed by atoms with Gasteiger partial charge in [0.2, 0.25) is 0 Å². The van der Waals surface area contributed by atoms with Gasteiger partial charge in [-0.05, 0) is 41.5 Å². The van der Waals surface area contributed by atoms with Gasteiger partial charge in [0.25, 0.3) is 5.56 Å². The van der Waals surface area contributed by atoms with Crippen molar-refractivity contribution in [1.82, 2.24) is 14.1 Å². The van der Waals surface area contributed by atoms with Crippen molar-refractivity contribution in [2.45, 2.75) is 13.1 Å². The SMILES string of the molecule is COc1ccc(Cn2c(=O)c3ncccc3n(Cc3ccccc3Cl)c2=O)cc1. The van der Waals surface area contributed by atoms with E-state index in [1.54, 1.807) is 43.6 Å². The van der Waals surface area contributed by atoms with Gasteiger partial charge >= 0.3 is 5.69 Å². The fourth-order valence-corrected chi connectivity index (χ4v) is 3.44. The van der Waals surface area contributed by atoms with Crippen molar-refractivity contribution in [2.75, 3.05) is 7.11 Å². The van der Waals surface area contributed by atoms with E-state index in [0.717, 1.165) is 11.1 Å². The van der Waals surface area contributed by atoms with Crippen LogP contribution in [-0.4, -0.2) is 21.2 Å². The van der Waals surface area contributed by atoms with Crippen LogP contribution in [0.4, 0.5) is 0 Å². The lowest BCUT2D eigenvalue weighted by Gasteiger charge is -2.14. The second-order valence-electron chi connectivity index (χ2n) is 6.57. The number of rotatable bonds is 5. The number of aromatic nitrogens is 3. The number of hydrogen-bond donors (Lipinski definition) is 0. The van der Waals surface area contributed by atoms with Crippen LogP contribution in [-0.2, 0) is 13.1 Å². The average molecular weight is 408 g/mol. The third-order valence-corrected chi connectivity index (χ3v) is 5.14. The van der Waals surface area contributed by atoms with Gasteiger partial charge in [-0.1, -0.05) is 41.9 Å². The van der Waals surface area contributed by atoms with Gasteiger partial charge in [-0.15, -0.1) is 0 Å². The summed E-state index contributed by atoms with van der Waals surface area (Å²) in [5, 5.41) is 0.560. The molecule has 0 aliphatic carbocycles. The number of nitrogens with zero attached hydrogens (tertiary/aromatic N) is 3. The lowest BCUT2D eigenvalue weighted by atomic mass is 10.2. The monoisotopic (exact) mass is 407 g/mol. The Hall–Kier alpha value is -3.38. The Morgan fingerprint density at radius 1 is 0.931 bits per heavy atom. The highest BCUT2D eigenvalue weighted by atomic mass is 35.5. The van der Waals surface area contributed by atoms with Gasteiger partial charge in [-0.25, -0.2) is 9.78 Å². The normalized spacial score (nSPS) is 11.0. The summed E-state index contributed by atoms with van der Waals surface area (Å²) in [6.07, 6.45) is 1.55. The van der Waals surface area contributed by atoms with Crippen molar-refractivity contribution in [3.8, 4) is 5.75 Å². The Bertz CT molecular complexity index is 1290. The molecule has 0 atom stereocenters. The molecule has 0 unspecified atom stereocenters. The van der Waals surface area contributed by atoms with Crippen molar-refractivity contribution < 1.29 is 4.74 Å². The molecular weight excluding hydrogens is 390 g/mol. The highest BCUT2D eigenvalue weighted by Gasteiger charge is 2.15. The number of halogens is 1. The smallest absolute Gasteiger partial charge is 0.332 e. The molecule has 0 aliphatic heterocycles. The second-order valence-corrected chi connectivity index (χ2v) is 6.98. The van der Waals surface area contributed by atoms with Crippen LogP contribution < -0.4 is 16.0 Å². The highest BCUT2D eigenvalue weighted by Crippen LogP contribution is 2.17. The zero-order chi connectivity index (χ0) is 20.4. The fourth-order valence-electron chi connectivity index (χ4n) is 3.25. The minimum Gasteiger partial charge on any atom is -0.497 e. The van der Waals surface area contributed by atoms with Crippen LogP contribution in [0.5, 0.6) is 5.75 Å². The lowest BCUT2D eigenvalue weighted by Crippen LogP contribution is -2.40. The molecule has 0 amide bonds. The predicted octanol–water partition coefficient (Wildman–Crippen LogP) is 3.32. The van der Waals surface area contributed by atoms with Gasteiger partial charge in [-0.2, -0.15) is 0 Å². The second kappa shape index (κ2) is 7.93. The molecule has 4 aromatic rings. The number of fused-ring (bicyclic) bond motifs is 1. The van der Waals surface area contributed by atoms with E-state index in [9.17, 15) is 9.59 Å². The number of benzene rings is 2. The highest BCUT2D eigenvalue weighted by molar-refractivity contribution is 6.31. The van der Waals surface area contributed by atoms with Gasteiger partial charge in [0.15, 0.2) is 5.52 Å². The standard InChI is InChI=1S/C22H18ClN3O3/c1-29-17-10-8-15(9-11-17)13-26-21(27)20-19(7-4-12-24-20)25(22(26)28)14-16-5-2-3-6-18(16)23/h2-12H,13-14H2,1H3. The topological polar surface area (TPSA) is 66.1 Å². The summed E-state index contributed by atoms with van der Waals surface area (Å²) in [4.78, 5) is 30.5. The third kappa shape index (κ3) is 3.67. The van der Waals surface area contributed by atoms with Crippen LogP contribution in [0.3, 0.4) is 0 Å². The summed E-state index contributed by atoms with van der Waals surface area (Å²) in [6.45, 7) is 0.375. The quantitative estimate of drug-likeness (QED) is 0.509. The van der Waals surface area contributed by atoms with Crippen LogP contribution in [0.15, 0.2) is 76.4 Å². The molecule has 7 heteroatoms. The molecule has 0 saturated carbocycles. The van der Waals surface area contributed by atoms with Gasteiger partial charge < -0.3 is 4.74 Å². The molecule has 0 radical (unpaired) electrons.